The molecule has 0 saturated carbocycles. The van der Waals surface area contributed by atoms with Crippen LogP contribution in [0.4, 0.5) is 0 Å². The molecule has 0 rings (SSSR count). The average Bonchev–Trinajstić information content (AvgIpc) is 2.12. The number of nitrogens with one attached hydrogen (secondary N) is 2. The van der Waals surface area contributed by atoms with E-state index in [0.717, 1.165) is 19.5 Å². The Kier molecular flexibility index (Phi) is 8.57. The second-order valence-electron chi connectivity index (χ2n) is 3.48. The summed E-state index contributed by atoms with van der Waals surface area (Å²) in [4.78, 5) is 11.2. The van der Waals surface area contributed by atoms with Crippen LogP contribution >= 0.6 is 0 Å². The molecule has 4 nitrogen and oxygen atoms in total. The quantitative estimate of drug-likeness (QED) is 0.564. The second-order valence-corrected chi connectivity index (χ2v) is 3.48. The van der Waals surface area contributed by atoms with Gasteiger partial charge >= 0.3 is 0 Å². The van der Waals surface area contributed by atoms with Gasteiger partial charge < -0.3 is 15.4 Å². The van der Waals surface area contributed by atoms with Gasteiger partial charge in [0.1, 0.15) is 0 Å². The summed E-state index contributed by atoms with van der Waals surface area (Å²) < 4.78 is 5.27. The first-order valence-electron chi connectivity index (χ1n) is 5.19. The molecule has 4 heteroatoms. The molecule has 0 aliphatic carbocycles. The molecule has 0 heterocycles. The Morgan fingerprint density at radius 3 is 2.64 bits per heavy atom. The van der Waals surface area contributed by atoms with Crippen molar-refractivity contribution in [2.45, 2.75) is 32.8 Å². The van der Waals surface area contributed by atoms with E-state index in [1.54, 1.807) is 0 Å². The zero-order valence-electron chi connectivity index (χ0n) is 9.43. The van der Waals surface area contributed by atoms with Crippen molar-refractivity contribution < 1.29 is 9.53 Å². The fourth-order valence-electron chi connectivity index (χ4n) is 0.969. The number of amides is 1. The molecule has 0 aromatic heterocycles. The lowest BCUT2D eigenvalue weighted by atomic mass is 10.3. The third-order valence-electron chi connectivity index (χ3n) is 1.71. The highest BCUT2D eigenvalue weighted by molar-refractivity contribution is 5.75. The van der Waals surface area contributed by atoms with E-state index in [1.807, 2.05) is 20.9 Å². The molecule has 0 bridgehead atoms. The van der Waals surface area contributed by atoms with Crippen LogP contribution in [-0.2, 0) is 9.53 Å². The minimum absolute atomic E-state index is 0.0711. The van der Waals surface area contributed by atoms with Crippen LogP contribution in [0.15, 0.2) is 0 Å². The minimum atomic E-state index is 0.0711. The van der Waals surface area contributed by atoms with Crippen LogP contribution in [0, 0.1) is 0 Å². The largest absolute Gasteiger partial charge is 0.378 e. The van der Waals surface area contributed by atoms with Crippen molar-refractivity contribution in [1.29, 1.82) is 0 Å². The third kappa shape index (κ3) is 9.48. The summed E-state index contributed by atoms with van der Waals surface area (Å²) in [7, 11) is 1.90. The van der Waals surface area contributed by atoms with Crippen molar-refractivity contribution in [3.05, 3.63) is 0 Å². The summed E-state index contributed by atoms with van der Waals surface area (Å²) in [5.41, 5.74) is 0. The van der Waals surface area contributed by atoms with Gasteiger partial charge in [0.05, 0.1) is 12.7 Å². The van der Waals surface area contributed by atoms with Crippen molar-refractivity contribution in [3.8, 4) is 0 Å². The summed E-state index contributed by atoms with van der Waals surface area (Å²) in [6.07, 6.45) is 1.62. The monoisotopic (exact) mass is 202 g/mol. The number of ether oxygens (including phenoxy) is 1. The Labute approximate surface area is 86.4 Å². The highest BCUT2D eigenvalue weighted by Crippen LogP contribution is 1.90. The van der Waals surface area contributed by atoms with Gasteiger partial charge in [-0.05, 0) is 33.9 Å². The van der Waals surface area contributed by atoms with E-state index in [-0.39, 0.29) is 12.0 Å². The van der Waals surface area contributed by atoms with E-state index >= 15 is 0 Å². The predicted octanol–water partition coefficient (Wildman–Crippen LogP) is 0.527. The lowest BCUT2D eigenvalue weighted by Gasteiger charge is -2.07. The molecule has 0 unspecified atom stereocenters. The van der Waals surface area contributed by atoms with Crippen LogP contribution in [-0.4, -0.2) is 38.8 Å². The first-order chi connectivity index (χ1) is 6.66. The van der Waals surface area contributed by atoms with Crippen LogP contribution in [0.2, 0.25) is 0 Å². The predicted molar refractivity (Wildman–Crippen MR) is 57.3 cm³/mol. The maximum atomic E-state index is 11.2. The normalized spacial score (nSPS) is 10.6. The van der Waals surface area contributed by atoms with Gasteiger partial charge in [-0.3, -0.25) is 4.79 Å². The van der Waals surface area contributed by atoms with Gasteiger partial charge in [0, 0.05) is 13.0 Å². The van der Waals surface area contributed by atoms with Gasteiger partial charge in [0.15, 0.2) is 0 Å². The number of hydrogen-bond acceptors (Lipinski definition) is 3. The summed E-state index contributed by atoms with van der Waals surface area (Å²) >= 11 is 0. The highest BCUT2D eigenvalue weighted by atomic mass is 16.5. The molecule has 0 saturated heterocycles. The maximum absolute atomic E-state index is 11.2. The molecule has 0 spiro atoms. The standard InChI is InChI=1S/C10H22N2O2/c1-9(2)14-8-5-10(13)12-7-4-6-11-3/h9,11H,4-8H2,1-3H3,(H,12,13). The zero-order valence-corrected chi connectivity index (χ0v) is 9.43. The number of carbonyl (C=O) groups is 1. The summed E-state index contributed by atoms with van der Waals surface area (Å²) in [5, 5.41) is 5.86. The molecule has 84 valence electrons. The van der Waals surface area contributed by atoms with E-state index in [1.165, 1.54) is 0 Å². The van der Waals surface area contributed by atoms with Gasteiger partial charge in [0.25, 0.3) is 0 Å². The van der Waals surface area contributed by atoms with Gasteiger partial charge in [-0.25, -0.2) is 0 Å². The van der Waals surface area contributed by atoms with Crippen molar-refractivity contribution in [3.63, 3.8) is 0 Å². The maximum Gasteiger partial charge on any atom is 0.222 e. The van der Waals surface area contributed by atoms with E-state index in [2.05, 4.69) is 10.6 Å². The van der Waals surface area contributed by atoms with Gasteiger partial charge in [-0.2, -0.15) is 0 Å². The van der Waals surface area contributed by atoms with E-state index in [4.69, 9.17) is 4.74 Å². The van der Waals surface area contributed by atoms with Crippen molar-refractivity contribution in [2.24, 2.45) is 0 Å². The van der Waals surface area contributed by atoms with Crippen molar-refractivity contribution >= 4 is 5.91 Å². The molecule has 0 aromatic rings. The molecule has 14 heavy (non-hydrogen) atoms. The third-order valence-corrected chi connectivity index (χ3v) is 1.71. The zero-order chi connectivity index (χ0) is 10.8. The molecule has 0 atom stereocenters. The molecule has 0 fully saturated rings. The fraction of sp³-hybridized carbons (Fsp3) is 0.900. The lowest BCUT2D eigenvalue weighted by Crippen LogP contribution is -2.27. The van der Waals surface area contributed by atoms with Gasteiger partial charge in [-0.1, -0.05) is 0 Å². The average molecular weight is 202 g/mol. The Morgan fingerprint density at radius 2 is 2.07 bits per heavy atom. The molecule has 0 aliphatic rings. The Bertz CT molecular complexity index is 149. The van der Waals surface area contributed by atoms with Gasteiger partial charge in [0.2, 0.25) is 5.91 Å². The van der Waals surface area contributed by atoms with Crippen LogP contribution < -0.4 is 10.6 Å². The molecular weight excluding hydrogens is 180 g/mol. The topological polar surface area (TPSA) is 50.4 Å². The summed E-state index contributed by atoms with van der Waals surface area (Å²) in [5.74, 6) is 0.0711. The smallest absolute Gasteiger partial charge is 0.222 e. The fourth-order valence-corrected chi connectivity index (χ4v) is 0.969. The van der Waals surface area contributed by atoms with Crippen LogP contribution in [0.3, 0.4) is 0 Å². The van der Waals surface area contributed by atoms with Crippen LogP contribution in [0.5, 0.6) is 0 Å². The first kappa shape index (κ1) is 13.4. The SMILES string of the molecule is CNCCCNC(=O)CCOC(C)C. The first-order valence-corrected chi connectivity index (χ1v) is 5.19. The molecule has 1 amide bonds. The Balaban J connectivity index is 3.20. The second kappa shape index (κ2) is 8.97. The molecule has 0 aromatic carbocycles. The van der Waals surface area contributed by atoms with E-state index in [9.17, 15) is 4.79 Å². The summed E-state index contributed by atoms with van der Waals surface area (Å²) in [6.45, 7) is 6.11. The molecule has 0 aliphatic heterocycles. The van der Waals surface area contributed by atoms with Crippen molar-refractivity contribution in [2.75, 3.05) is 26.7 Å². The number of hydrogen-bond donors (Lipinski definition) is 2. The van der Waals surface area contributed by atoms with Crippen molar-refractivity contribution in [1.82, 2.24) is 10.6 Å². The molecule has 2 N–H and O–H groups in total. The minimum Gasteiger partial charge on any atom is -0.378 e. The number of rotatable bonds is 8. The van der Waals surface area contributed by atoms with Crippen LogP contribution in [0.1, 0.15) is 26.7 Å². The van der Waals surface area contributed by atoms with Gasteiger partial charge in [-0.15, -0.1) is 0 Å². The van der Waals surface area contributed by atoms with E-state index in [0.29, 0.717) is 13.0 Å². The van der Waals surface area contributed by atoms with Crippen LogP contribution in [0.25, 0.3) is 0 Å². The molecule has 0 radical (unpaired) electrons. The summed E-state index contributed by atoms with van der Waals surface area (Å²) in [6, 6.07) is 0. The lowest BCUT2D eigenvalue weighted by molar-refractivity contribution is -0.122. The Hall–Kier alpha value is -0.610. The Morgan fingerprint density at radius 1 is 1.36 bits per heavy atom. The highest BCUT2D eigenvalue weighted by Gasteiger charge is 2.00. The van der Waals surface area contributed by atoms with E-state index < -0.39 is 0 Å². The number of carbonyl (C=O) groups excluding carboxylic acids is 1. The molecular formula is C10H22N2O2.